The minimum atomic E-state index is -0.0689. The smallest absolute Gasteiger partial charge is 0.228 e. The summed E-state index contributed by atoms with van der Waals surface area (Å²) in [5.74, 6) is 1.28. The molecule has 1 unspecified atom stereocenters. The number of nitrogens with zero attached hydrogens (tertiary/aromatic N) is 2. The highest BCUT2D eigenvalue weighted by atomic mass is 35.5. The molecule has 0 aromatic carbocycles. The summed E-state index contributed by atoms with van der Waals surface area (Å²) >= 11 is 5.79. The Labute approximate surface area is 153 Å². The van der Waals surface area contributed by atoms with Gasteiger partial charge in [0.2, 0.25) is 11.8 Å². The monoisotopic (exact) mass is 364 g/mol. The standard InChI is InChI=1S/C18H25ClN4O2/c19-15-2-3-16(21-12-15)22-18(25)14-6-9-23(10-7-14)17(24)4-1-13-5-8-20-11-13/h2-3,12-14,20H,1,4-11H2,(H,21,22,25). The maximum absolute atomic E-state index is 12.3. The van der Waals surface area contributed by atoms with Crippen molar-refractivity contribution in [2.45, 2.75) is 32.1 Å². The van der Waals surface area contributed by atoms with E-state index in [4.69, 9.17) is 11.6 Å². The summed E-state index contributed by atoms with van der Waals surface area (Å²) in [6.45, 7) is 3.43. The summed E-state index contributed by atoms with van der Waals surface area (Å²) in [5.41, 5.74) is 0. The van der Waals surface area contributed by atoms with Gasteiger partial charge in [0, 0.05) is 31.6 Å². The quantitative estimate of drug-likeness (QED) is 0.840. The summed E-state index contributed by atoms with van der Waals surface area (Å²) in [7, 11) is 0. The summed E-state index contributed by atoms with van der Waals surface area (Å²) < 4.78 is 0. The number of nitrogens with one attached hydrogen (secondary N) is 2. The maximum atomic E-state index is 12.3. The number of amides is 2. The van der Waals surface area contributed by atoms with E-state index in [1.807, 2.05) is 4.90 Å². The van der Waals surface area contributed by atoms with Crippen molar-refractivity contribution in [3.63, 3.8) is 0 Å². The lowest BCUT2D eigenvalue weighted by molar-refractivity contribution is -0.134. The van der Waals surface area contributed by atoms with Crippen molar-refractivity contribution in [3.8, 4) is 0 Å². The number of aromatic nitrogens is 1. The second-order valence-corrected chi connectivity index (χ2v) is 7.34. The summed E-state index contributed by atoms with van der Waals surface area (Å²) in [5, 5.41) is 6.70. The highest BCUT2D eigenvalue weighted by molar-refractivity contribution is 6.30. The summed E-state index contributed by atoms with van der Waals surface area (Å²) in [6, 6.07) is 3.39. The van der Waals surface area contributed by atoms with Gasteiger partial charge in [-0.3, -0.25) is 9.59 Å². The summed E-state index contributed by atoms with van der Waals surface area (Å²) in [6.07, 6.45) is 5.69. The van der Waals surface area contributed by atoms with Crippen LogP contribution in [0.2, 0.25) is 5.02 Å². The van der Waals surface area contributed by atoms with Crippen LogP contribution in [0.15, 0.2) is 18.3 Å². The van der Waals surface area contributed by atoms with Gasteiger partial charge in [0.05, 0.1) is 5.02 Å². The van der Waals surface area contributed by atoms with Crippen LogP contribution in [0.1, 0.15) is 32.1 Å². The fourth-order valence-electron chi connectivity index (χ4n) is 3.52. The molecule has 2 N–H and O–H groups in total. The van der Waals surface area contributed by atoms with Crippen LogP contribution in [-0.2, 0) is 9.59 Å². The molecule has 2 saturated heterocycles. The Morgan fingerprint density at radius 3 is 2.72 bits per heavy atom. The molecular formula is C18H25ClN4O2. The Morgan fingerprint density at radius 1 is 1.28 bits per heavy atom. The third kappa shape index (κ3) is 5.16. The Balaban J connectivity index is 1.40. The van der Waals surface area contributed by atoms with Crippen molar-refractivity contribution in [3.05, 3.63) is 23.4 Å². The molecule has 2 aliphatic heterocycles. The summed E-state index contributed by atoms with van der Waals surface area (Å²) in [4.78, 5) is 30.7. The Bertz CT molecular complexity index is 594. The molecule has 3 rings (SSSR count). The number of carbonyl (C=O) groups excluding carboxylic acids is 2. The van der Waals surface area contributed by atoms with Gasteiger partial charge < -0.3 is 15.5 Å². The number of pyridine rings is 1. The minimum absolute atomic E-state index is 0.0287. The Morgan fingerprint density at radius 2 is 2.08 bits per heavy atom. The molecule has 0 radical (unpaired) electrons. The van der Waals surface area contributed by atoms with Crippen molar-refractivity contribution in [1.29, 1.82) is 0 Å². The van der Waals surface area contributed by atoms with Crippen molar-refractivity contribution < 1.29 is 9.59 Å². The number of likely N-dealkylation sites (tertiary alicyclic amines) is 1. The van der Waals surface area contributed by atoms with E-state index >= 15 is 0 Å². The molecule has 0 saturated carbocycles. The molecule has 6 nitrogen and oxygen atoms in total. The van der Waals surface area contributed by atoms with Gasteiger partial charge in [-0.25, -0.2) is 4.98 Å². The van der Waals surface area contributed by atoms with E-state index < -0.39 is 0 Å². The second kappa shape index (κ2) is 8.63. The third-order valence-electron chi connectivity index (χ3n) is 5.13. The fraction of sp³-hybridized carbons (Fsp3) is 0.611. The van der Waals surface area contributed by atoms with Gasteiger partial charge in [-0.05, 0) is 56.8 Å². The van der Waals surface area contributed by atoms with E-state index in [9.17, 15) is 9.59 Å². The SMILES string of the molecule is O=C(Nc1ccc(Cl)cn1)C1CCN(C(=O)CCC2CCNC2)CC1. The van der Waals surface area contributed by atoms with Crippen molar-refractivity contribution in [2.75, 3.05) is 31.5 Å². The van der Waals surface area contributed by atoms with Crippen LogP contribution in [0.25, 0.3) is 0 Å². The number of anilines is 1. The van der Waals surface area contributed by atoms with Gasteiger partial charge >= 0.3 is 0 Å². The lowest BCUT2D eigenvalue weighted by Crippen LogP contribution is -2.41. The van der Waals surface area contributed by atoms with Crippen molar-refractivity contribution in [1.82, 2.24) is 15.2 Å². The minimum Gasteiger partial charge on any atom is -0.343 e. The first-order valence-electron chi connectivity index (χ1n) is 9.03. The van der Waals surface area contributed by atoms with E-state index in [1.165, 1.54) is 12.6 Å². The van der Waals surface area contributed by atoms with Crippen molar-refractivity contribution >= 4 is 29.2 Å². The first-order valence-corrected chi connectivity index (χ1v) is 9.40. The van der Waals surface area contributed by atoms with Gasteiger partial charge in [0.1, 0.15) is 5.82 Å². The fourth-order valence-corrected chi connectivity index (χ4v) is 3.63. The van der Waals surface area contributed by atoms with Crippen LogP contribution >= 0.6 is 11.6 Å². The molecule has 2 amide bonds. The topological polar surface area (TPSA) is 74.3 Å². The molecule has 0 bridgehead atoms. The molecule has 1 atom stereocenters. The molecule has 7 heteroatoms. The Hall–Kier alpha value is -1.66. The van der Waals surface area contributed by atoms with E-state index in [-0.39, 0.29) is 17.7 Å². The van der Waals surface area contributed by atoms with Crippen LogP contribution in [0.4, 0.5) is 5.82 Å². The van der Waals surface area contributed by atoms with Gasteiger partial charge in [0.25, 0.3) is 0 Å². The largest absolute Gasteiger partial charge is 0.343 e. The number of rotatable bonds is 5. The van der Waals surface area contributed by atoms with E-state index in [1.54, 1.807) is 12.1 Å². The number of carbonyl (C=O) groups is 2. The lowest BCUT2D eigenvalue weighted by Gasteiger charge is -2.31. The van der Waals surface area contributed by atoms with Gasteiger partial charge in [-0.1, -0.05) is 11.6 Å². The first kappa shape index (κ1) is 18.1. The molecule has 136 valence electrons. The zero-order valence-corrected chi connectivity index (χ0v) is 15.1. The number of halogens is 1. The van der Waals surface area contributed by atoms with Crippen LogP contribution in [0.3, 0.4) is 0 Å². The zero-order chi connectivity index (χ0) is 17.6. The van der Waals surface area contributed by atoms with E-state index in [0.717, 1.165) is 19.5 Å². The first-order chi connectivity index (χ1) is 12.1. The highest BCUT2D eigenvalue weighted by Crippen LogP contribution is 2.21. The Kier molecular flexibility index (Phi) is 6.26. The normalized spacial score (nSPS) is 21.3. The second-order valence-electron chi connectivity index (χ2n) is 6.90. The number of hydrogen-bond acceptors (Lipinski definition) is 4. The molecule has 3 heterocycles. The molecule has 2 fully saturated rings. The highest BCUT2D eigenvalue weighted by Gasteiger charge is 2.28. The van der Waals surface area contributed by atoms with Crippen LogP contribution < -0.4 is 10.6 Å². The van der Waals surface area contributed by atoms with Gasteiger partial charge in [-0.2, -0.15) is 0 Å². The molecule has 1 aromatic rings. The zero-order valence-electron chi connectivity index (χ0n) is 14.3. The molecule has 0 spiro atoms. The molecule has 0 aliphatic carbocycles. The third-order valence-corrected chi connectivity index (χ3v) is 5.35. The maximum Gasteiger partial charge on any atom is 0.228 e. The van der Waals surface area contributed by atoms with Crippen LogP contribution in [-0.4, -0.2) is 47.9 Å². The van der Waals surface area contributed by atoms with Gasteiger partial charge in [-0.15, -0.1) is 0 Å². The van der Waals surface area contributed by atoms with Crippen molar-refractivity contribution in [2.24, 2.45) is 11.8 Å². The number of hydrogen-bond donors (Lipinski definition) is 2. The average Bonchev–Trinajstić information content (AvgIpc) is 3.15. The lowest BCUT2D eigenvalue weighted by atomic mass is 9.95. The van der Waals surface area contributed by atoms with Crippen LogP contribution in [0.5, 0.6) is 0 Å². The van der Waals surface area contributed by atoms with E-state index in [0.29, 0.717) is 49.1 Å². The average molecular weight is 365 g/mol. The predicted molar refractivity (Wildman–Crippen MR) is 97.4 cm³/mol. The van der Waals surface area contributed by atoms with Crippen LogP contribution in [0, 0.1) is 11.8 Å². The molecular weight excluding hydrogens is 340 g/mol. The molecule has 25 heavy (non-hydrogen) atoms. The molecule has 2 aliphatic rings. The van der Waals surface area contributed by atoms with E-state index in [2.05, 4.69) is 15.6 Å². The van der Waals surface area contributed by atoms with Gasteiger partial charge in [0.15, 0.2) is 0 Å². The number of piperidine rings is 1. The predicted octanol–water partition coefficient (Wildman–Crippen LogP) is 2.30. The molecule has 1 aromatic heterocycles.